The number of rotatable bonds is 4. The largest absolute Gasteiger partial charge is 0.391 e. The van der Waals surface area contributed by atoms with Gasteiger partial charge < -0.3 is 5.11 Å². The summed E-state index contributed by atoms with van der Waals surface area (Å²) in [5.41, 5.74) is 0.0821. The van der Waals surface area contributed by atoms with E-state index in [0.29, 0.717) is 4.88 Å². The monoisotopic (exact) mass is 321 g/mol. The Morgan fingerprint density at radius 2 is 2.11 bits per heavy atom. The topological polar surface area (TPSA) is 66.4 Å². The molecule has 0 radical (unpaired) electrons. The Bertz CT molecular complexity index is 700. The molecule has 0 saturated carbocycles. The van der Waals surface area contributed by atoms with Gasteiger partial charge in [-0.1, -0.05) is 11.6 Å². The number of aliphatic hydroxyl groups is 1. The summed E-state index contributed by atoms with van der Waals surface area (Å²) in [6, 6.07) is 4.99. The van der Waals surface area contributed by atoms with E-state index in [1.807, 2.05) is 0 Å². The van der Waals surface area contributed by atoms with E-state index >= 15 is 0 Å². The zero-order valence-electron chi connectivity index (χ0n) is 9.43. The average molecular weight is 322 g/mol. The van der Waals surface area contributed by atoms with Gasteiger partial charge in [0.2, 0.25) is 0 Å². The number of nitrogens with one attached hydrogen (secondary N) is 1. The summed E-state index contributed by atoms with van der Waals surface area (Å²) in [7, 11) is -3.79. The number of sulfonamides is 1. The molecular weight excluding hydrogens is 313 g/mol. The summed E-state index contributed by atoms with van der Waals surface area (Å²) < 4.78 is 39.4. The quantitative estimate of drug-likeness (QED) is 0.910. The zero-order valence-corrected chi connectivity index (χ0v) is 11.8. The number of thiophene rings is 1. The highest BCUT2D eigenvalue weighted by molar-refractivity contribution is 7.92. The maximum absolute atomic E-state index is 13.2. The summed E-state index contributed by atoms with van der Waals surface area (Å²) in [6.45, 7) is -0.226. The highest BCUT2D eigenvalue weighted by Gasteiger charge is 2.16. The van der Waals surface area contributed by atoms with Gasteiger partial charge in [0.05, 0.1) is 22.2 Å². The molecule has 102 valence electrons. The van der Waals surface area contributed by atoms with Gasteiger partial charge in [0.1, 0.15) is 5.82 Å². The minimum Gasteiger partial charge on any atom is -0.391 e. The summed E-state index contributed by atoms with van der Waals surface area (Å²) in [4.78, 5) is 0.555. The van der Waals surface area contributed by atoms with E-state index in [1.165, 1.54) is 23.6 Å². The Hall–Kier alpha value is -1.15. The molecule has 0 unspecified atom stereocenters. The second-order valence-corrected chi connectivity index (χ2v) is 6.73. The molecule has 0 atom stereocenters. The molecule has 1 aromatic heterocycles. The Morgan fingerprint density at radius 1 is 1.37 bits per heavy atom. The number of hydrogen-bond acceptors (Lipinski definition) is 4. The van der Waals surface area contributed by atoms with E-state index in [4.69, 9.17) is 16.7 Å². The van der Waals surface area contributed by atoms with E-state index in [2.05, 4.69) is 4.72 Å². The van der Waals surface area contributed by atoms with Crippen LogP contribution in [0.3, 0.4) is 0 Å². The lowest BCUT2D eigenvalue weighted by Crippen LogP contribution is -2.12. The molecule has 2 N–H and O–H groups in total. The predicted octanol–water partition coefficient (Wildman–Crippen LogP) is 2.83. The molecule has 0 aliphatic carbocycles. The normalized spacial score (nSPS) is 11.5. The molecule has 0 aliphatic heterocycles. The van der Waals surface area contributed by atoms with Crippen LogP contribution < -0.4 is 4.72 Å². The van der Waals surface area contributed by atoms with Gasteiger partial charge in [0.15, 0.2) is 0 Å². The van der Waals surface area contributed by atoms with Crippen LogP contribution in [-0.2, 0) is 16.6 Å². The van der Waals surface area contributed by atoms with Crippen LogP contribution in [0.25, 0.3) is 0 Å². The maximum Gasteiger partial charge on any atom is 0.262 e. The molecule has 1 aromatic carbocycles. The Kier molecular flexibility index (Phi) is 4.10. The highest BCUT2D eigenvalue weighted by Crippen LogP contribution is 2.24. The van der Waals surface area contributed by atoms with Gasteiger partial charge in [-0.15, -0.1) is 11.3 Å². The van der Waals surface area contributed by atoms with Crippen molar-refractivity contribution < 1.29 is 17.9 Å². The minimum atomic E-state index is -3.79. The molecule has 2 aromatic rings. The lowest BCUT2D eigenvalue weighted by atomic mass is 10.3. The Labute approximate surface area is 118 Å². The molecule has 0 saturated heterocycles. The highest BCUT2D eigenvalue weighted by atomic mass is 35.5. The number of halogens is 2. The maximum atomic E-state index is 13.2. The first-order chi connectivity index (χ1) is 8.92. The third-order valence-electron chi connectivity index (χ3n) is 2.27. The molecular formula is C11H9ClFNO3S2. The van der Waals surface area contributed by atoms with Crippen molar-refractivity contribution in [2.45, 2.75) is 11.5 Å². The van der Waals surface area contributed by atoms with Gasteiger partial charge in [-0.3, -0.25) is 4.72 Å². The molecule has 4 nitrogen and oxygen atoms in total. The van der Waals surface area contributed by atoms with E-state index < -0.39 is 15.8 Å². The van der Waals surface area contributed by atoms with Crippen molar-refractivity contribution >= 4 is 38.6 Å². The first kappa shape index (κ1) is 14.3. The summed E-state index contributed by atoms with van der Waals surface area (Å²) in [5.74, 6) is -0.705. The SMILES string of the molecule is O=S(=O)(Nc1ccc(Cl)c(F)c1)c1csc(CO)c1. The molecule has 0 aliphatic rings. The van der Waals surface area contributed by atoms with Crippen LogP contribution in [0.5, 0.6) is 0 Å². The molecule has 0 spiro atoms. The molecule has 0 amide bonds. The molecule has 2 rings (SSSR count). The molecule has 19 heavy (non-hydrogen) atoms. The van der Waals surface area contributed by atoms with Crippen molar-refractivity contribution in [1.82, 2.24) is 0 Å². The van der Waals surface area contributed by atoms with E-state index in [0.717, 1.165) is 17.4 Å². The smallest absolute Gasteiger partial charge is 0.262 e. The summed E-state index contributed by atoms with van der Waals surface area (Å²) in [6.07, 6.45) is 0. The number of anilines is 1. The predicted molar refractivity (Wildman–Crippen MR) is 72.5 cm³/mol. The number of hydrogen-bond donors (Lipinski definition) is 2. The van der Waals surface area contributed by atoms with Gasteiger partial charge >= 0.3 is 0 Å². The minimum absolute atomic E-state index is 0.0249. The third kappa shape index (κ3) is 3.24. The molecule has 8 heteroatoms. The van der Waals surface area contributed by atoms with E-state index in [-0.39, 0.29) is 22.2 Å². The fourth-order valence-corrected chi connectivity index (χ4v) is 3.66. The van der Waals surface area contributed by atoms with Crippen LogP contribution in [0.1, 0.15) is 4.88 Å². The van der Waals surface area contributed by atoms with Crippen LogP contribution in [0, 0.1) is 5.82 Å². The van der Waals surface area contributed by atoms with Gasteiger partial charge in [0.25, 0.3) is 10.0 Å². The number of benzene rings is 1. The van der Waals surface area contributed by atoms with Crippen LogP contribution >= 0.6 is 22.9 Å². The van der Waals surface area contributed by atoms with E-state index in [1.54, 1.807) is 0 Å². The van der Waals surface area contributed by atoms with E-state index in [9.17, 15) is 12.8 Å². The van der Waals surface area contributed by atoms with Gasteiger partial charge in [-0.25, -0.2) is 12.8 Å². The Morgan fingerprint density at radius 3 is 2.68 bits per heavy atom. The second kappa shape index (κ2) is 5.46. The molecule has 0 bridgehead atoms. The lowest BCUT2D eigenvalue weighted by Gasteiger charge is -2.06. The molecule has 0 fully saturated rings. The van der Waals surface area contributed by atoms with Crippen molar-refractivity contribution in [2.24, 2.45) is 0 Å². The van der Waals surface area contributed by atoms with Gasteiger partial charge in [-0.2, -0.15) is 0 Å². The fraction of sp³-hybridized carbons (Fsp3) is 0.0909. The van der Waals surface area contributed by atoms with Gasteiger partial charge in [-0.05, 0) is 24.3 Å². The summed E-state index contributed by atoms with van der Waals surface area (Å²) >= 11 is 6.64. The number of aliphatic hydroxyl groups excluding tert-OH is 1. The van der Waals surface area contributed by atoms with Crippen molar-refractivity contribution in [3.8, 4) is 0 Å². The zero-order chi connectivity index (χ0) is 14.0. The van der Waals surface area contributed by atoms with Gasteiger partial charge in [0, 0.05) is 10.3 Å². The van der Waals surface area contributed by atoms with Crippen LogP contribution in [-0.4, -0.2) is 13.5 Å². The van der Waals surface area contributed by atoms with Crippen molar-refractivity contribution in [2.75, 3.05) is 4.72 Å². The van der Waals surface area contributed by atoms with Crippen LogP contribution in [0.4, 0.5) is 10.1 Å². The fourth-order valence-electron chi connectivity index (χ4n) is 1.36. The first-order valence-electron chi connectivity index (χ1n) is 5.08. The third-order valence-corrected chi connectivity index (χ3v) is 5.01. The van der Waals surface area contributed by atoms with Crippen molar-refractivity contribution in [1.29, 1.82) is 0 Å². The standard InChI is InChI=1S/C11H9ClFNO3S2/c12-10-2-1-7(3-11(10)13)14-19(16,17)9-4-8(5-15)18-6-9/h1-4,6,14-15H,5H2. The Balaban J connectivity index is 2.28. The first-order valence-corrected chi connectivity index (χ1v) is 7.82. The average Bonchev–Trinajstić information content (AvgIpc) is 2.83. The van der Waals surface area contributed by atoms with Crippen LogP contribution in [0.2, 0.25) is 5.02 Å². The van der Waals surface area contributed by atoms with Crippen molar-refractivity contribution in [3.63, 3.8) is 0 Å². The van der Waals surface area contributed by atoms with Crippen LogP contribution in [0.15, 0.2) is 34.5 Å². The van der Waals surface area contributed by atoms with Crippen molar-refractivity contribution in [3.05, 3.63) is 45.4 Å². The lowest BCUT2D eigenvalue weighted by molar-refractivity contribution is 0.285. The summed E-state index contributed by atoms with van der Waals surface area (Å²) in [5, 5.41) is 10.2. The second-order valence-electron chi connectivity index (χ2n) is 3.64. The molecule has 1 heterocycles.